The molecule has 0 fully saturated rings. The Labute approximate surface area is 522 Å². The number of rotatable bonds is 69. The molecular formula is C74H142NO8P. The molecule has 2 atom stereocenters. The van der Waals surface area contributed by atoms with E-state index in [1.165, 1.54) is 295 Å². The summed E-state index contributed by atoms with van der Waals surface area (Å²) in [7, 11) is 1.19. The zero-order valence-electron chi connectivity index (χ0n) is 56.6. The fourth-order valence-corrected chi connectivity index (χ4v) is 11.8. The molecule has 0 aliphatic carbocycles. The molecule has 0 saturated carbocycles. The molecule has 0 aromatic heterocycles. The van der Waals surface area contributed by atoms with Gasteiger partial charge in [-0.25, -0.2) is 0 Å². The molecule has 0 N–H and O–H groups in total. The van der Waals surface area contributed by atoms with Crippen molar-refractivity contribution in [2.45, 2.75) is 380 Å². The summed E-state index contributed by atoms with van der Waals surface area (Å²) in [5.74, 6) is -0.808. The molecule has 2 unspecified atom stereocenters. The fourth-order valence-electron chi connectivity index (χ4n) is 11.0. The van der Waals surface area contributed by atoms with Crippen LogP contribution in [0.2, 0.25) is 0 Å². The minimum absolute atomic E-state index is 0.0268. The molecule has 0 aliphatic heterocycles. The van der Waals surface area contributed by atoms with Gasteiger partial charge in [0.05, 0.1) is 27.7 Å². The fraction of sp³-hybridized carbons (Fsp3) is 0.892. The molecule has 0 amide bonds. The smallest absolute Gasteiger partial charge is 0.306 e. The molecule has 0 saturated heterocycles. The average molecular weight is 1200 g/mol. The molecule has 0 heterocycles. The van der Waals surface area contributed by atoms with Gasteiger partial charge in [-0.3, -0.25) is 14.2 Å². The van der Waals surface area contributed by atoms with Gasteiger partial charge in [0.25, 0.3) is 7.82 Å². The first kappa shape index (κ1) is 82.2. The number of quaternary nitrogens is 1. The number of allylic oxidation sites excluding steroid dienone is 6. The van der Waals surface area contributed by atoms with Crippen LogP contribution in [-0.2, 0) is 32.7 Å². The molecule has 496 valence electrons. The molecule has 0 aromatic carbocycles. The lowest BCUT2D eigenvalue weighted by Crippen LogP contribution is -2.37. The van der Waals surface area contributed by atoms with Crippen molar-refractivity contribution in [1.29, 1.82) is 0 Å². The minimum atomic E-state index is -4.64. The highest BCUT2D eigenvalue weighted by Gasteiger charge is 2.22. The zero-order chi connectivity index (χ0) is 61.2. The second-order valence-corrected chi connectivity index (χ2v) is 27.7. The van der Waals surface area contributed by atoms with E-state index in [1.807, 2.05) is 21.1 Å². The Bertz CT molecular complexity index is 1510. The van der Waals surface area contributed by atoms with Gasteiger partial charge >= 0.3 is 11.9 Å². The van der Waals surface area contributed by atoms with Gasteiger partial charge in [0.1, 0.15) is 19.8 Å². The first-order chi connectivity index (χ1) is 41.0. The SMILES string of the molecule is CCCCCCC/C=C\C/C=C\C/C=C\CCCCCCCCCCCCCCCCCCCCCCCCCCC(=O)OC(COC(=O)CCCCCCCCCCCCCCCCCCCCCCC)COP(=O)([O-])OCC[N+](C)(C)C. The summed E-state index contributed by atoms with van der Waals surface area (Å²) in [5.41, 5.74) is 0. The number of carbonyl (C=O) groups excluding carboxylic acids is 2. The maximum atomic E-state index is 12.9. The van der Waals surface area contributed by atoms with Crippen LogP contribution in [-0.4, -0.2) is 70.0 Å². The Balaban J connectivity index is 3.91. The van der Waals surface area contributed by atoms with Crippen molar-refractivity contribution >= 4 is 19.8 Å². The van der Waals surface area contributed by atoms with Crippen LogP contribution in [0, 0.1) is 0 Å². The van der Waals surface area contributed by atoms with Crippen LogP contribution in [0.3, 0.4) is 0 Å². The lowest BCUT2D eigenvalue weighted by atomic mass is 10.0. The molecule has 0 spiro atoms. The summed E-state index contributed by atoms with van der Waals surface area (Å²) >= 11 is 0. The van der Waals surface area contributed by atoms with E-state index in [0.29, 0.717) is 17.4 Å². The number of hydrogen-bond donors (Lipinski definition) is 0. The Morgan fingerprint density at radius 1 is 0.369 bits per heavy atom. The second-order valence-electron chi connectivity index (χ2n) is 26.3. The highest BCUT2D eigenvalue weighted by atomic mass is 31.2. The summed E-state index contributed by atoms with van der Waals surface area (Å²) in [4.78, 5) is 38.1. The van der Waals surface area contributed by atoms with E-state index >= 15 is 0 Å². The lowest BCUT2D eigenvalue weighted by Gasteiger charge is -2.28. The molecule has 9 nitrogen and oxygen atoms in total. The number of phosphoric ester groups is 1. The predicted octanol–water partition coefficient (Wildman–Crippen LogP) is 23.2. The number of carbonyl (C=O) groups is 2. The van der Waals surface area contributed by atoms with Gasteiger partial charge in [0, 0.05) is 12.8 Å². The third-order valence-corrected chi connectivity index (χ3v) is 17.6. The third kappa shape index (κ3) is 69.3. The van der Waals surface area contributed by atoms with E-state index in [-0.39, 0.29) is 32.0 Å². The van der Waals surface area contributed by atoms with Crippen molar-refractivity contribution in [2.75, 3.05) is 47.5 Å². The van der Waals surface area contributed by atoms with Crippen LogP contribution in [0.1, 0.15) is 373 Å². The van der Waals surface area contributed by atoms with Crippen LogP contribution in [0.5, 0.6) is 0 Å². The average Bonchev–Trinajstić information content (AvgIpc) is 3.61. The van der Waals surface area contributed by atoms with E-state index in [9.17, 15) is 19.0 Å². The van der Waals surface area contributed by atoms with Crippen LogP contribution in [0.15, 0.2) is 36.5 Å². The summed E-state index contributed by atoms with van der Waals surface area (Å²) in [6.07, 6.45) is 83.9. The van der Waals surface area contributed by atoms with Crippen LogP contribution in [0.25, 0.3) is 0 Å². The van der Waals surface area contributed by atoms with E-state index in [4.69, 9.17) is 18.5 Å². The van der Waals surface area contributed by atoms with E-state index in [1.54, 1.807) is 0 Å². The number of hydrogen-bond acceptors (Lipinski definition) is 8. The van der Waals surface area contributed by atoms with Gasteiger partial charge in [-0.2, -0.15) is 0 Å². The summed E-state index contributed by atoms with van der Waals surface area (Å²) < 4.78 is 34.3. The first-order valence-electron chi connectivity index (χ1n) is 36.7. The van der Waals surface area contributed by atoms with Crippen molar-refractivity contribution < 1.29 is 42.1 Å². The summed E-state index contributed by atoms with van der Waals surface area (Å²) in [6, 6.07) is 0. The number of unbranched alkanes of at least 4 members (excludes halogenated alkanes) is 49. The highest BCUT2D eigenvalue weighted by Crippen LogP contribution is 2.38. The second kappa shape index (κ2) is 65.7. The van der Waals surface area contributed by atoms with Crippen LogP contribution < -0.4 is 4.89 Å². The zero-order valence-corrected chi connectivity index (χ0v) is 57.5. The number of phosphoric acid groups is 1. The number of nitrogens with zero attached hydrogens (tertiary/aromatic N) is 1. The first-order valence-corrected chi connectivity index (χ1v) is 38.2. The summed E-state index contributed by atoms with van der Waals surface area (Å²) in [5, 5.41) is 0. The quantitative estimate of drug-likeness (QED) is 0.0195. The monoisotopic (exact) mass is 1200 g/mol. The van der Waals surface area contributed by atoms with Crippen molar-refractivity contribution in [3.8, 4) is 0 Å². The molecule has 0 bridgehead atoms. The predicted molar refractivity (Wildman–Crippen MR) is 361 cm³/mol. The van der Waals surface area contributed by atoms with Gasteiger partial charge in [0.15, 0.2) is 6.10 Å². The van der Waals surface area contributed by atoms with E-state index in [0.717, 1.165) is 44.9 Å². The maximum absolute atomic E-state index is 12.9. The molecule has 0 rings (SSSR count). The van der Waals surface area contributed by atoms with E-state index in [2.05, 4.69) is 50.3 Å². The highest BCUT2D eigenvalue weighted by molar-refractivity contribution is 7.45. The number of esters is 2. The van der Waals surface area contributed by atoms with Crippen molar-refractivity contribution in [2.24, 2.45) is 0 Å². The van der Waals surface area contributed by atoms with Crippen molar-refractivity contribution in [3.05, 3.63) is 36.5 Å². The summed E-state index contributed by atoms with van der Waals surface area (Å²) in [6.45, 7) is 4.30. The standard InChI is InChI=1S/C74H142NO8P/c1-6-8-10-12-14-16-18-20-22-24-26-28-29-30-31-32-33-34-35-36-37-38-39-40-41-42-43-44-45-47-49-51-53-55-57-59-61-63-65-67-74(77)83-72(71-82-84(78,79)81-69-68-75(3,4)5)70-80-73(76)66-64-62-60-58-56-54-52-50-48-46-27-25-23-21-19-17-15-13-11-9-7-2/h18,20,24,26,29-30,72H,6-17,19,21-23,25,27-28,31-71H2,1-5H3/b20-18-,26-24-,30-29-. The Morgan fingerprint density at radius 3 is 0.952 bits per heavy atom. The number of likely N-dealkylation sites (N-methyl/N-ethyl adjacent to an activating group) is 1. The molecule has 0 aliphatic rings. The van der Waals surface area contributed by atoms with Crippen LogP contribution in [0.4, 0.5) is 0 Å². The van der Waals surface area contributed by atoms with Gasteiger partial charge in [-0.15, -0.1) is 0 Å². The van der Waals surface area contributed by atoms with Gasteiger partial charge in [-0.05, 0) is 51.4 Å². The Morgan fingerprint density at radius 2 is 0.643 bits per heavy atom. The largest absolute Gasteiger partial charge is 0.756 e. The topological polar surface area (TPSA) is 111 Å². The minimum Gasteiger partial charge on any atom is -0.756 e. The molecule has 0 radical (unpaired) electrons. The maximum Gasteiger partial charge on any atom is 0.306 e. The molecule has 10 heteroatoms. The normalized spacial score (nSPS) is 13.3. The van der Waals surface area contributed by atoms with Gasteiger partial charge < -0.3 is 27.9 Å². The molecule has 84 heavy (non-hydrogen) atoms. The van der Waals surface area contributed by atoms with Crippen molar-refractivity contribution in [3.63, 3.8) is 0 Å². The lowest BCUT2D eigenvalue weighted by molar-refractivity contribution is -0.870. The van der Waals surface area contributed by atoms with Crippen molar-refractivity contribution in [1.82, 2.24) is 0 Å². The molecule has 0 aromatic rings. The van der Waals surface area contributed by atoms with Gasteiger partial charge in [0.2, 0.25) is 0 Å². The third-order valence-electron chi connectivity index (χ3n) is 16.7. The van der Waals surface area contributed by atoms with Crippen LogP contribution >= 0.6 is 7.82 Å². The Kier molecular flexibility index (Phi) is 64.3. The van der Waals surface area contributed by atoms with E-state index < -0.39 is 26.5 Å². The Hall–Kier alpha value is -1.77. The van der Waals surface area contributed by atoms with Gasteiger partial charge in [-0.1, -0.05) is 346 Å². The number of ether oxygens (including phenoxy) is 2. The molecular weight excluding hydrogens is 1060 g/mol.